The second-order valence-corrected chi connectivity index (χ2v) is 7.61. The number of hydrogen-bond donors (Lipinski definition) is 0. The summed E-state index contributed by atoms with van der Waals surface area (Å²) in [5.74, 6) is 0.511. The molecule has 1 saturated heterocycles. The van der Waals surface area contributed by atoms with Gasteiger partial charge in [0, 0.05) is 38.0 Å². The van der Waals surface area contributed by atoms with Crippen LogP contribution in [-0.2, 0) is 29.6 Å². The lowest BCUT2D eigenvalue weighted by Crippen LogP contribution is -2.21. The molecule has 0 aliphatic carbocycles. The largest absolute Gasteiger partial charge is 0.381 e. The van der Waals surface area contributed by atoms with Crippen LogP contribution in [0, 0.1) is 5.92 Å². The number of rotatable bonds is 8. The summed E-state index contributed by atoms with van der Waals surface area (Å²) < 4.78 is 17.1. The van der Waals surface area contributed by atoms with Crippen LogP contribution in [0.4, 0.5) is 5.69 Å². The van der Waals surface area contributed by atoms with Gasteiger partial charge in [0.25, 0.3) is 0 Å². The Kier molecular flexibility index (Phi) is 5.98. The average molecular weight is 404 g/mol. The molecule has 1 aliphatic heterocycles. The minimum absolute atomic E-state index is 0.511. The van der Waals surface area contributed by atoms with Crippen molar-refractivity contribution in [3.63, 3.8) is 0 Å². The standard InChI is InChI=1S/C18H25N7O2S/c1-3-24-10-15(8-20-24)21-18-25(5-7-27-12-14-4-6-26-11-14)17(13-28-18)16-9-19-22-23(16)2/h8-10,13-14H,3-7,11-12H2,1-2H3. The van der Waals surface area contributed by atoms with E-state index >= 15 is 0 Å². The van der Waals surface area contributed by atoms with E-state index in [1.54, 1.807) is 28.4 Å². The van der Waals surface area contributed by atoms with Crippen molar-refractivity contribution in [3.05, 3.63) is 28.8 Å². The zero-order chi connectivity index (χ0) is 19.3. The summed E-state index contributed by atoms with van der Waals surface area (Å²) in [6.07, 6.45) is 6.59. The predicted octanol–water partition coefficient (Wildman–Crippen LogP) is 1.85. The first kappa shape index (κ1) is 19.0. The number of hydrogen-bond acceptors (Lipinski definition) is 7. The van der Waals surface area contributed by atoms with Crippen molar-refractivity contribution >= 4 is 17.0 Å². The molecular weight excluding hydrogens is 378 g/mol. The number of aryl methyl sites for hydroxylation is 2. The molecule has 1 atom stereocenters. The van der Waals surface area contributed by atoms with Gasteiger partial charge in [-0.2, -0.15) is 5.10 Å². The Labute approximate surface area is 167 Å². The molecule has 0 N–H and O–H groups in total. The van der Waals surface area contributed by atoms with E-state index in [2.05, 4.69) is 32.3 Å². The van der Waals surface area contributed by atoms with Gasteiger partial charge < -0.3 is 14.0 Å². The summed E-state index contributed by atoms with van der Waals surface area (Å²) in [7, 11) is 1.89. The van der Waals surface area contributed by atoms with E-state index in [9.17, 15) is 0 Å². The Balaban J connectivity index is 1.56. The number of nitrogens with zero attached hydrogens (tertiary/aromatic N) is 7. The van der Waals surface area contributed by atoms with Crippen molar-refractivity contribution in [2.24, 2.45) is 18.0 Å². The van der Waals surface area contributed by atoms with Crippen molar-refractivity contribution < 1.29 is 9.47 Å². The van der Waals surface area contributed by atoms with E-state index in [0.717, 1.165) is 54.7 Å². The SMILES string of the molecule is CCn1cc(N=c2scc(-c3cnnn3C)n2CCOCC2CCOC2)cn1. The van der Waals surface area contributed by atoms with Crippen LogP contribution in [0.5, 0.6) is 0 Å². The molecule has 0 bridgehead atoms. The molecule has 1 aliphatic rings. The molecule has 3 aromatic heterocycles. The van der Waals surface area contributed by atoms with Crippen LogP contribution in [0.25, 0.3) is 11.4 Å². The van der Waals surface area contributed by atoms with Gasteiger partial charge in [0.15, 0.2) is 4.80 Å². The van der Waals surface area contributed by atoms with Gasteiger partial charge in [-0.25, -0.2) is 9.67 Å². The van der Waals surface area contributed by atoms with Gasteiger partial charge in [-0.05, 0) is 13.3 Å². The van der Waals surface area contributed by atoms with Crippen molar-refractivity contribution in [1.29, 1.82) is 0 Å². The second kappa shape index (κ2) is 8.80. The molecule has 150 valence electrons. The Morgan fingerprint density at radius 3 is 3.00 bits per heavy atom. The fraction of sp³-hybridized carbons (Fsp3) is 0.556. The summed E-state index contributed by atoms with van der Waals surface area (Å²) >= 11 is 1.59. The zero-order valence-electron chi connectivity index (χ0n) is 16.2. The van der Waals surface area contributed by atoms with Crippen molar-refractivity contribution in [1.82, 2.24) is 29.3 Å². The van der Waals surface area contributed by atoms with Gasteiger partial charge in [0.1, 0.15) is 11.4 Å². The van der Waals surface area contributed by atoms with Gasteiger partial charge in [0.05, 0.1) is 44.1 Å². The number of aromatic nitrogens is 6. The highest BCUT2D eigenvalue weighted by Crippen LogP contribution is 2.19. The maximum absolute atomic E-state index is 5.93. The van der Waals surface area contributed by atoms with Crippen LogP contribution in [0.1, 0.15) is 13.3 Å². The lowest BCUT2D eigenvalue weighted by Gasteiger charge is -2.11. The molecule has 0 saturated carbocycles. The molecule has 0 radical (unpaired) electrons. The van der Waals surface area contributed by atoms with Crippen LogP contribution in [0.2, 0.25) is 0 Å². The molecule has 0 spiro atoms. The summed E-state index contributed by atoms with van der Waals surface area (Å²) in [6, 6.07) is 0. The Hall–Kier alpha value is -2.30. The highest BCUT2D eigenvalue weighted by atomic mass is 32.1. The molecule has 4 heterocycles. The van der Waals surface area contributed by atoms with Crippen LogP contribution >= 0.6 is 11.3 Å². The minimum Gasteiger partial charge on any atom is -0.381 e. The van der Waals surface area contributed by atoms with Crippen molar-refractivity contribution in [2.75, 3.05) is 26.4 Å². The topological polar surface area (TPSA) is 84.3 Å². The molecule has 1 unspecified atom stereocenters. The quantitative estimate of drug-likeness (QED) is 0.536. The molecule has 1 fully saturated rings. The Morgan fingerprint density at radius 2 is 2.29 bits per heavy atom. The van der Waals surface area contributed by atoms with Crippen molar-refractivity contribution in [3.8, 4) is 11.4 Å². The molecule has 0 amide bonds. The van der Waals surface area contributed by atoms with Gasteiger partial charge in [0.2, 0.25) is 0 Å². The number of ether oxygens (including phenoxy) is 2. The third-order valence-electron chi connectivity index (χ3n) is 4.78. The maximum atomic E-state index is 5.93. The summed E-state index contributed by atoms with van der Waals surface area (Å²) in [6.45, 7) is 6.60. The molecule has 0 aromatic carbocycles. The fourth-order valence-corrected chi connectivity index (χ4v) is 4.12. The molecule has 3 aromatic rings. The lowest BCUT2D eigenvalue weighted by molar-refractivity contribution is 0.0845. The first-order valence-electron chi connectivity index (χ1n) is 9.50. The van der Waals surface area contributed by atoms with Gasteiger partial charge in [-0.3, -0.25) is 4.68 Å². The third-order valence-corrected chi connectivity index (χ3v) is 5.64. The van der Waals surface area contributed by atoms with Gasteiger partial charge >= 0.3 is 0 Å². The van der Waals surface area contributed by atoms with Crippen LogP contribution < -0.4 is 4.80 Å². The normalized spacial score (nSPS) is 17.6. The Bertz CT molecular complexity index is 965. The van der Waals surface area contributed by atoms with Crippen LogP contribution in [0.15, 0.2) is 29.0 Å². The van der Waals surface area contributed by atoms with Crippen molar-refractivity contribution in [2.45, 2.75) is 26.4 Å². The van der Waals surface area contributed by atoms with Crippen LogP contribution in [-0.4, -0.2) is 55.8 Å². The minimum atomic E-state index is 0.511. The lowest BCUT2D eigenvalue weighted by atomic mass is 10.1. The second-order valence-electron chi connectivity index (χ2n) is 6.77. The third kappa shape index (κ3) is 4.23. The number of thiazole rings is 1. The highest BCUT2D eigenvalue weighted by molar-refractivity contribution is 7.07. The fourth-order valence-electron chi connectivity index (χ4n) is 3.18. The highest BCUT2D eigenvalue weighted by Gasteiger charge is 2.16. The van der Waals surface area contributed by atoms with E-state index in [1.807, 2.05) is 17.9 Å². The first-order valence-corrected chi connectivity index (χ1v) is 10.4. The molecule has 4 rings (SSSR count). The van der Waals surface area contributed by atoms with Gasteiger partial charge in [-0.1, -0.05) is 5.21 Å². The van der Waals surface area contributed by atoms with E-state index < -0.39 is 0 Å². The van der Waals surface area contributed by atoms with Gasteiger partial charge in [-0.15, -0.1) is 16.4 Å². The summed E-state index contributed by atoms with van der Waals surface area (Å²) in [4.78, 5) is 5.70. The maximum Gasteiger partial charge on any atom is 0.190 e. The Morgan fingerprint density at radius 1 is 1.36 bits per heavy atom. The van der Waals surface area contributed by atoms with E-state index in [0.29, 0.717) is 19.1 Å². The first-order chi connectivity index (χ1) is 13.7. The van der Waals surface area contributed by atoms with E-state index in [4.69, 9.17) is 14.5 Å². The molecular formula is C18H25N7O2S. The van der Waals surface area contributed by atoms with E-state index in [-0.39, 0.29) is 0 Å². The molecule has 10 heteroatoms. The molecule has 28 heavy (non-hydrogen) atoms. The van der Waals surface area contributed by atoms with Crippen LogP contribution in [0.3, 0.4) is 0 Å². The smallest absolute Gasteiger partial charge is 0.190 e. The average Bonchev–Trinajstić information content (AvgIpc) is 3.48. The predicted molar refractivity (Wildman–Crippen MR) is 105 cm³/mol. The van der Waals surface area contributed by atoms with E-state index in [1.165, 1.54) is 0 Å². The summed E-state index contributed by atoms with van der Waals surface area (Å²) in [5, 5.41) is 14.5. The summed E-state index contributed by atoms with van der Waals surface area (Å²) in [5.41, 5.74) is 2.83. The molecule has 9 nitrogen and oxygen atoms in total. The zero-order valence-corrected chi connectivity index (χ0v) is 17.0. The monoisotopic (exact) mass is 403 g/mol.